The molecule has 1 heterocycles. The van der Waals surface area contributed by atoms with Gasteiger partial charge in [-0.2, -0.15) is 0 Å². The van der Waals surface area contributed by atoms with Crippen LogP contribution in [0, 0.1) is 5.41 Å². The summed E-state index contributed by atoms with van der Waals surface area (Å²) in [4.78, 5) is 2.40. The Labute approximate surface area is 119 Å². The van der Waals surface area contributed by atoms with Crippen LogP contribution in [0.15, 0.2) is 0 Å². The van der Waals surface area contributed by atoms with Crippen LogP contribution in [0.4, 0.5) is 0 Å². The summed E-state index contributed by atoms with van der Waals surface area (Å²) in [5.41, 5.74) is 0.0449. The molecule has 0 aromatic rings. The van der Waals surface area contributed by atoms with Crippen molar-refractivity contribution < 1.29 is 9.47 Å². The predicted octanol–water partition coefficient (Wildman–Crippen LogP) is 3.33. The molecule has 1 saturated heterocycles. The lowest BCUT2D eigenvalue weighted by atomic mass is 9.79. The van der Waals surface area contributed by atoms with Crippen molar-refractivity contribution in [1.29, 1.82) is 0 Å². The number of piperidine rings is 1. The van der Waals surface area contributed by atoms with Gasteiger partial charge in [-0.3, -0.25) is 0 Å². The van der Waals surface area contributed by atoms with Crippen LogP contribution in [0.1, 0.15) is 54.4 Å². The molecule has 0 amide bonds. The molecule has 1 aliphatic heterocycles. The first-order valence-corrected chi connectivity index (χ1v) is 7.48. The maximum atomic E-state index is 6.07. The average Bonchev–Trinajstić information content (AvgIpc) is 2.25. The van der Waals surface area contributed by atoms with Gasteiger partial charge >= 0.3 is 0 Å². The van der Waals surface area contributed by atoms with Crippen LogP contribution in [0.5, 0.6) is 0 Å². The Bertz CT molecular complexity index is 247. The Morgan fingerprint density at radius 1 is 0.842 bits per heavy atom. The van der Waals surface area contributed by atoms with Crippen molar-refractivity contribution in [3.05, 3.63) is 0 Å². The Morgan fingerprint density at radius 3 is 1.53 bits per heavy atom. The van der Waals surface area contributed by atoms with Gasteiger partial charge in [0.25, 0.3) is 0 Å². The molecule has 0 aliphatic carbocycles. The van der Waals surface area contributed by atoms with E-state index in [4.69, 9.17) is 9.47 Å². The highest BCUT2D eigenvalue weighted by Crippen LogP contribution is 2.34. The fourth-order valence-electron chi connectivity index (χ4n) is 2.16. The molecule has 3 heteroatoms. The number of likely N-dealkylation sites (tertiary alicyclic amines) is 1. The molecule has 1 aliphatic rings. The van der Waals surface area contributed by atoms with Crippen molar-refractivity contribution >= 4 is 0 Å². The molecule has 0 N–H and O–H groups in total. The minimum absolute atomic E-state index is 0.0713. The molecule has 114 valence electrons. The molecule has 0 radical (unpaired) electrons. The summed E-state index contributed by atoms with van der Waals surface area (Å²) in [6.45, 7) is 16.6. The van der Waals surface area contributed by atoms with Crippen molar-refractivity contribution in [2.45, 2.75) is 65.6 Å². The Balaban J connectivity index is 2.62. The van der Waals surface area contributed by atoms with Gasteiger partial charge in [-0.1, -0.05) is 0 Å². The van der Waals surface area contributed by atoms with Gasteiger partial charge in [0, 0.05) is 5.41 Å². The topological polar surface area (TPSA) is 21.7 Å². The Kier molecular flexibility index (Phi) is 5.44. The zero-order chi connectivity index (χ0) is 14.7. The number of rotatable bonds is 4. The normalized spacial score (nSPS) is 21.6. The lowest BCUT2D eigenvalue weighted by molar-refractivity contribution is -0.123. The third-order valence-corrected chi connectivity index (χ3v) is 3.67. The smallest absolute Gasteiger partial charge is 0.0598 e. The van der Waals surface area contributed by atoms with E-state index in [0.29, 0.717) is 0 Å². The first-order valence-electron chi connectivity index (χ1n) is 7.48. The lowest BCUT2D eigenvalue weighted by Crippen LogP contribution is -2.46. The van der Waals surface area contributed by atoms with Gasteiger partial charge in [0.2, 0.25) is 0 Å². The second-order valence-electron chi connectivity index (χ2n) is 8.11. The second kappa shape index (κ2) is 6.11. The molecule has 0 spiro atoms. The minimum atomic E-state index is -0.0713. The van der Waals surface area contributed by atoms with Crippen molar-refractivity contribution in [3.8, 4) is 0 Å². The number of hydrogen-bond acceptors (Lipinski definition) is 3. The van der Waals surface area contributed by atoms with E-state index in [1.807, 2.05) is 0 Å². The van der Waals surface area contributed by atoms with Crippen LogP contribution in [-0.2, 0) is 9.47 Å². The molecule has 1 rings (SSSR count). The molecule has 0 bridgehead atoms. The van der Waals surface area contributed by atoms with E-state index in [1.54, 1.807) is 0 Å². The summed E-state index contributed by atoms with van der Waals surface area (Å²) in [5, 5.41) is 0. The number of nitrogens with zero attached hydrogens (tertiary/aromatic N) is 1. The van der Waals surface area contributed by atoms with Crippen LogP contribution >= 0.6 is 0 Å². The molecule has 0 atom stereocenters. The standard InChI is InChI=1S/C16H33NO2/c1-14(2,3)18-12-16(13-19-15(4,5)6)8-10-17(7)11-9-16/h8-13H2,1-7H3. The Hall–Kier alpha value is -0.120. The van der Waals surface area contributed by atoms with Crippen LogP contribution in [-0.4, -0.2) is 49.5 Å². The second-order valence-corrected chi connectivity index (χ2v) is 8.11. The zero-order valence-corrected chi connectivity index (χ0v) is 14.0. The van der Waals surface area contributed by atoms with E-state index in [2.05, 4.69) is 53.5 Å². The summed E-state index contributed by atoms with van der Waals surface area (Å²) in [7, 11) is 2.19. The van der Waals surface area contributed by atoms with E-state index in [0.717, 1.165) is 39.1 Å². The summed E-state index contributed by atoms with van der Waals surface area (Å²) >= 11 is 0. The summed E-state index contributed by atoms with van der Waals surface area (Å²) < 4.78 is 12.1. The molecular weight excluding hydrogens is 238 g/mol. The van der Waals surface area contributed by atoms with Crippen molar-refractivity contribution in [2.24, 2.45) is 5.41 Å². The minimum Gasteiger partial charge on any atom is -0.375 e. The number of hydrogen-bond donors (Lipinski definition) is 0. The molecular formula is C16H33NO2. The van der Waals surface area contributed by atoms with Gasteiger partial charge in [0.15, 0.2) is 0 Å². The highest BCUT2D eigenvalue weighted by molar-refractivity contribution is 4.86. The fourth-order valence-corrected chi connectivity index (χ4v) is 2.16. The summed E-state index contributed by atoms with van der Waals surface area (Å²) in [6, 6.07) is 0. The van der Waals surface area contributed by atoms with Gasteiger partial charge < -0.3 is 14.4 Å². The quantitative estimate of drug-likeness (QED) is 0.783. The fraction of sp³-hybridized carbons (Fsp3) is 1.00. The third kappa shape index (κ3) is 6.73. The van der Waals surface area contributed by atoms with E-state index in [9.17, 15) is 0 Å². The predicted molar refractivity (Wildman–Crippen MR) is 80.6 cm³/mol. The van der Waals surface area contributed by atoms with Crippen molar-refractivity contribution in [1.82, 2.24) is 4.90 Å². The highest BCUT2D eigenvalue weighted by atomic mass is 16.5. The van der Waals surface area contributed by atoms with Gasteiger partial charge in [0.05, 0.1) is 24.4 Å². The molecule has 0 aromatic carbocycles. The molecule has 19 heavy (non-hydrogen) atoms. The third-order valence-electron chi connectivity index (χ3n) is 3.67. The van der Waals surface area contributed by atoms with Gasteiger partial charge in [0.1, 0.15) is 0 Å². The first kappa shape index (κ1) is 16.9. The highest BCUT2D eigenvalue weighted by Gasteiger charge is 2.36. The van der Waals surface area contributed by atoms with Gasteiger partial charge in [-0.25, -0.2) is 0 Å². The van der Waals surface area contributed by atoms with E-state index >= 15 is 0 Å². The summed E-state index contributed by atoms with van der Waals surface area (Å²) in [5.74, 6) is 0. The van der Waals surface area contributed by atoms with Crippen LogP contribution in [0.2, 0.25) is 0 Å². The molecule has 0 saturated carbocycles. The van der Waals surface area contributed by atoms with Gasteiger partial charge in [-0.05, 0) is 74.5 Å². The van der Waals surface area contributed by atoms with Gasteiger partial charge in [-0.15, -0.1) is 0 Å². The molecule has 0 aromatic heterocycles. The van der Waals surface area contributed by atoms with Crippen molar-refractivity contribution in [3.63, 3.8) is 0 Å². The van der Waals surface area contributed by atoms with Crippen molar-refractivity contribution in [2.75, 3.05) is 33.4 Å². The van der Waals surface area contributed by atoms with E-state index in [1.165, 1.54) is 0 Å². The van der Waals surface area contributed by atoms with Crippen LogP contribution < -0.4 is 0 Å². The van der Waals surface area contributed by atoms with Crippen LogP contribution in [0.3, 0.4) is 0 Å². The molecule has 1 fully saturated rings. The molecule has 0 unspecified atom stereocenters. The lowest BCUT2D eigenvalue weighted by Gasteiger charge is -2.43. The monoisotopic (exact) mass is 271 g/mol. The SMILES string of the molecule is CN1CCC(COC(C)(C)C)(COC(C)(C)C)CC1. The Morgan fingerprint density at radius 2 is 1.21 bits per heavy atom. The first-order chi connectivity index (χ1) is 8.52. The van der Waals surface area contributed by atoms with E-state index < -0.39 is 0 Å². The molecule has 3 nitrogen and oxygen atoms in total. The average molecular weight is 271 g/mol. The zero-order valence-electron chi connectivity index (χ0n) is 14.0. The maximum Gasteiger partial charge on any atom is 0.0598 e. The summed E-state index contributed by atoms with van der Waals surface area (Å²) in [6.07, 6.45) is 2.32. The number of ether oxygens (including phenoxy) is 2. The van der Waals surface area contributed by atoms with Crippen LogP contribution in [0.25, 0.3) is 0 Å². The van der Waals surface area contributed by atoms with E-state index in [-0.39, 0.29) is 16.6 Å². The maximum absolute atomic E-state index is 6.07. The largest absolute Gasteiger partial charge is 0.375 e.